The molecule has 2 heterocycles. The Kier molecular flexibility index (Phi) is 5.24. The Bertz CT molecular complexity index is 614. The van der Waals surface area contributed by atoms with Crippen LogP contribution in [0.4, 0.5) is 11.4 Å². The van der Waals surface area contributed by atoms with Gasteiger partial charge in [0, 0.05) is 51.4 Å². The molecule has 2 aliphatic heterocycles. The minimum absolute atomic E-state index is 0.149. The van der Waals surface area contributed by atoms with Gasteiger partial charge in [-0.3, -0.25) is 9.59 Å². The molecule has 0 aromatic heterocycles. The van der Waals surface area contributed by atoms with Crippen LogP contribution < -0.4 is 10.2 Å². The third kappa shape index (κ3) is 4.29. The Balaban J connectivity index is 1.47. The minimum atomic E-state index is -0.507. The van der Waals surface area contributed by atoms with Gasteiger partial charge in [0.05, 0.1) is 13.2 Å². The van der Waals surface area contributed by atoms with Gasteiger partial charge in [0.2, 0.25) is 11.8 Å². The second-order valence-electron chi connectivity index (χ2n) is 6.65. The quantitative estimate of drug-likeness (QED) is 0.835. The van der Waals surface area contributed by atoms with Crippen molar-refractivity contribution in [2.75, 3.05) is 50.6 Å². The molecule has 1 aromatic carbocycles. The third-order valence-electron chi connectivity index (χ3n) is 4.67. The number of piperidine rings is 1. The van der Waals surface area contributed by atoms with Crippen molar-refractivity contribution in [3.63, 3.8) is 0 Å². The molecule has 3 rings (SSSR count). The van der Waals surface area contributed by atoms with Crippen LogP contribution in [-0.2, 0) is 19.1 Å². The molecule has 1 aromatic rings. The first-order chi connectivity index (χ1) is 12.0. The van der Waals surface area contributed by atoms with Gasteiger partial charge in [-0.15, -0.1) is 0 Å². The van der Waals surface area contributed by atoms with Crippen molar-refractivity contribution >= 4 is 23.2 Å². The maximum Gasteiger partial charge on any atom is 0.233 e. The number of amides is 2. The second-order valence-corrected chi connectivity index (χ2v) is 6.65. The Morgan fingerprint density at radius 3 is 2.28 bits per heavy atom. The van der Waals surface area contributed by atoms with E-state index in [-0.39, 0.29) is 18.2 Å². The first kappa shape index (κ1) is 17.7. The monoisotopic (exact) mass is 347 g/mol. The molecule has 2 saturated heterocycles. The summed E-state index contributed by atoms with van der Waals surface area (Å²) in [5, 5.41) is 2.77. The predicted octanol–water partition coefficient (Wildman–Crippen LogP) is 1.45. The van der Waals surface area contributed by atoms with E-state index >= 15 is 0 Å². The van der Waals surface area contributed by atoms with Crippen molar-refractivity contribution in [1.29, 1.82) is 0 Å². The molecule has 0 unspecified atom stereocenters. The van der Waals surface area contributed by atoms with Gasteiger partial charge in [0.1, 0.15) is 6.42 Å². The third-order valence-corrected chi connectivity index (χ3v) is 4.67. The highest BCUT2D eigenvalue weighted by Gasteiger charge is 2.40. The largest absolute Gasteiger partial charge is 0.378 e. The summed E-state index contributed by atoms with van der Waals surface area (Å²) in [5.74, 6) is -0.959. The number of hydrogen-bond acceptors (Lipinski definition) is 5. The number of benzene rings is 1. The Labute approximate surface area is 147 Å². The summed E-state index contributed by atoms with van der Waals surface area (Å²) in [6.07, 6.45) is 1.17. The van der Waals surface area contributed by atoms with E-state index in [1.54, 1.807) is 4.90 Å². The number of anilines is 2. The van der Waals surface area contributed by atoms with E-state index in [4.69, 9.17) is 9.47 Å². The molecule has 0 saturated carbocycles. The average molecular weight is 347 g/mol. The van der Waals surface area contributed by atoms with Crippen LogP contribution in [0.3, 0.4) is 0 Å². The van der Waals surface area contributed by atoms with Gasteiger partial charge in [0.25, 0.3) is 0 Å². The molecule has 0 radical (unpaired) electrons. The van der Waals surface area contributed by atoms with Crippen molar-refractivity contribution in [2.45, 2.75) is 25.0 Å². The highest BCUT2D eigenvalue weighted by molar-refractivity contribution is 6.03. The predicted molar refractivity (Wildman–Crippen MR) is 94.5 cm³/mol. The molecule has 0 aliphatic carbocycles. The molecule has 2 amide bonds. The molecule has 7 nitrogen and oxygen atoms in total. The summed E-state index contributed by atoms with van der Waals surface area (Å²) in [7, 11) is 3.91. The summed E-state index contributed by atoms with van der Waals surface area (Å²) in [6, 6.07) is 7.50. The zero-order valence-electron chi connectivity index (χ0n) is 14.8. The SMILES string of the molecule is CN(C)c1ccc(NC(=O)CC(=O)N2CCC3(CC2)OCCO3)cc1. The van der Waals surface area contributed by atoms with Crippen LogP contribution in [-0.4, -0.2) is 62.9 Å². The molecule has 0 atom stereocenters. The fraction of sp³-hybridized carbons (Fsp3) is 0.556. The number of nitrogens with one attached hydrogen (secondary N) is 1. The number of likely N-dealkylation sites (tertiary alicyclic amines) is 1. The van der Waals surface area contributed by atoms with Crippen LogP contribution in [0.5, 0.6) is 0 Å². The minimum Gasteiger partial charge on any atom is -0.378 e. The van der Waals surface area contributed by atoms with Crippen LogP contribution in [0.15, 0.2) is 24.3 Å². The maximum absolute atomic E-state index is 12.3. The normalized spacial score (nSPS) is 19.0. The van der Waals surface area contributed by atoms with E-state index in [9.17, 15) is 9.59 Å². The number of nitrogens with zero attached hydrogens (tertiary/aromatic N) is 2. The number of ether oxygens (including phenoxy) is 2. The van der Waals surface area contributed by atoms with Crippen molar-refractivity contribution < 1.29 is 19.1 Å². The summed E-state index contributed by atoms with van der Waals surface area (Å²) >= 11 is 0. The van der Waals surface area contributed by atoms with E-state index in [1.807, 2.05) is 43.3 Å². The smallest absolute Gasteiger partial charge is 0.233 e. The van der Waals surface area contributed by atoms with Gasteiger partial charge in [0.15, 0.2) is 5.79 Å². The van der Waals surface area contributed by atoms with E-state index in [2.05, 4.69) is 5.32 Å². The van der Waals surface area contributed by atoms with Crippen LogP contribution >= 0.6 is 0 Å². The van der Waals surface area contributed by atoms with Crippen LogP contribution in [0, 0.1) is 0 Å². The number of rotatable bonds is 4. The van der Waals surface area contributed by atoms with Gasteiger partial charge < -0.3 is 24.6 Å². The highest BCUT2D eigenvalue weighted by Crippen LogP contribution is 2.31. The van der Waals surface area contributed by atoms with E-state index in [0.717, 1.165) is 5.69 Å². The lowest BCUT2D eigenvalue weighted by atomic mass is 10.0. The molecular formula is C18H25N3O4. The zero-order valence-corrected chi connectivity index (χ0v) is 14.8. The van der Waals surface area contributed by atoms with Crippen molar-refractivity contribution in [1.82, 2.24) is 4.90 Å². The maximum atomic E-state index is 12.3. The molecule has 2 aliphatic rings. The first-order valence-electron chi connectivity index (χ1n) is 8.60. The molecule has 136 valence electrons. The van der Waals surface area contributed by atoms with Gasteiger partial charge in [-0.1, -0.05) is 0 Å². The molecule has 1 N–H and O–H groups in total. The van der Waals surface area contributed by atoms with Gasteiger partial charge in [-0.2, -0.15) is 0 Å². The number of carbonyl (C=O) groups excluding carboxylic acids is 2. The molecule has 1 spiro atoms. The molecular weight excluding hydrogens is 322 g/mol. The van der Waals surface area contributed by atoms with Gasteiger partial charge in [-0.05, 0) is 24.3 Å². The fourth-order valence-corrected chi connectivity index (χ4v) is 3.18. The first-order valence-corrected chi connectivity index (χ1v) is 8.60. The summed E-state index contributed by atoms with van der Waals surface area (Å²) in [4.78, 5) is 28.1. The lowest BCUT2D eigenvalue weighted by Crippen LogP contribution is -2.47. The number of carbonyl (C=O) groups is 2. The van der Waals surface area contributed by atoms with Crippen LogP contribution in [0.1, 0.15) is 19.3 Å². The summed E-state index contributed by atoms with van der Waals surface area (Å²) in [6.45, 7) is 2.35. The molecule has 25 heavy (non-hydrogen) atoms. The highest BCUT2D eigenvalue weighted by atomic mass is 16.7. The number of hydrogen-bond donors (Lipinski definition) is 1. The average Bonchev–Trinajstić information content (AvgIpc) is 3.04. The molecule has 2 fully saturated rings. The van der Waals surface area contributed by atoms with Gasteiger partial charge >= 0.3 is 0 Å². The Morgan fingerprint density at radius 1 is 1.12 bits per heavy atom. The lowest BCUT2D eigenvalue weighted by molar-refractivity contribution is -0.187. The van der Waals surface area contributed by atoms with Crippen molar-refractivity contribution in [2.24, 2.45) is 0 Å². The standard InChI is InChI=1S/C18H25N3O4/c1-20(2)15-5-3-14(4-6-15)19-16(22)13-17(23)21-9-7-18(8-10-21)24-11-12-25-18/h3-6H,7-13H2,1-2H3,(H,19,22). The van der Waals surface area contributed by atoms with E-state index < -0.39 is 5.79 Å². The summed E-state index contributed by atoms with van der Waals surface area (Å²) in [5.41, 5.74) is 1.74. The van der Waals surface area contributed by atoms with E-state index in [1.165, 1.54) is 0 Å². The molecule has 7 heteroatoms. The Morgan fingerprint density at radius 2 is 1.72 bits per heavy atom. The molecule has 0 bridgehead atoms. The van der Waals surface area contributed by atoms with Gasteiger partial charge in [-0.25, -0.2) is 0 Å². The topological polar surface area (TPSA) is 71.1 Å². The lowest BCUT2D eigenvalue weighted by Gasteiger charge is -2.37. The zero-order chi connectivity index (χ0) is 17.9. The summed E-state index contributed by atoms with van der Waals surface area (Å²) < 4.78 is 11.3. The van der Waals surface area contributed by atoms with Crippen LogP contribution in [0.2, 0.25) is 0 Å². The van der Waals surface area contributed by atoms with Crippen molar-refractivity contribution in [3.05, 3.63) is 24.3 Å². The fourth-order valence-electron chi connectivity index (χ4n) is 3.18. The Hall–Kier alpha value is -2.12. The van der Waals surface area contributed by atoms with Crippen LogP contribution in [0.25, 0.3) is 0 Å². The second kappa shape index (κ2) is 7.41. The van der Waals surface area contributed by atoms with E-state index in [0.29, 0.717) is 44.8 Å². The van der Waals surface area contributed by atoms with Crippen molar-refractivity contribution in [3.8, 4) is 0 Å².